The van der Waals surface area contributed by atoms with Crippen molar-refractivity contribution in [1.82, 2.24) is 50.2 Å². The number of nitrogens with zero attached hydrogens (tertiary/aromatic N) is 6. The first-order valence-corrected chi connectivity index (χ1v) is 21.9. The molecule has 14 nitrogen and oxygen atoms in total. The Morgan fingerprint density at radius 3 is 1.28 bits per heavy atom. The molecule has 4 atom stereocenters. The molecule has 4 aliphatic rings. The van der Waals surface area contributed by atoms with E-state index in [1.807, 2.05) is 49.6 Å². The lowest BCUT2D eigenvalue weighted by Gasteiger charge is -2.39. The Bertz CT molecular complexity index is 2270. The van der Waals surface area contributed by atoms with Gasteiger partial charge in [-0.1, -0.05) is 64.1 Å². The maximum atomic E-state index is 14.1. The van der Waals surface area contributed by atoms with Crippen LogP contribution in [0.2, 0.25) is 0 Å². The van der Waals surface area contributed by atoms with Gasteiger partial charge in [0.2, 0.25) is 11.8 Å². The molecule has 0 radical (unpaired) electrons. The van der Waals surface area contributed by atoms with E-state index in [0.717, 1.165) is 94.5 Å². The second-order valence-electron chi connectivity index (χ2n) is 17.6. The molecule has 4 saturated heterocycles. The first-order valence-electron chi connectivity index (χ1n) is 21.9. The number of rotatable bonds is 10. The van der Waals surface area contributed by atoms with E-state index in [-0.39, 0.29) is 102 Å². The number of fused-ring (bicyclic) bond motifs is 2. The summed E-state index contributed by atoms with van der Waals surface area (Å²) in [6.07, 6.45) is 5.07. The average molecular weight is 949 g/mol. The Morgan fingerprint density at radius 2 is 0.922 bits per heavy atom. The Labute approximate surface area is 403 Å². The molecule has 5 aromatic rings. The van der Waals surface area contributed by atoms with Crippen molar-refractivity contribution < 1.29 is 19.2 Å². The number of likely N-dealkylation sites (tertiary alicyclic amines) is 2. The summed E-state index contributed by atoms with van der Waals surface area (Å²) >= 11 is 0. The smallest absolute Gasteiger partial charge is 0.318 e. The first-order chi connectivity index (χ1) is 29.0. The Balaban J connectivity index is 0.00000193. The number of aromatic nitrogens is 4. The zero-order valence-corrected chi connectivity index (χ0v) is 41.0. The van der Waals surface area contributed by atoms with E-state index < -0.39 is 12.1 Å². The van der Waals surface area contributed by atoms with Crippen molar-refractivity contribution >= 4 is 99.9 Å². The fraction of sp³-hybridized carbons (Fsp3) is 0.478. The summed E-state index contributed by atoms with van der Waals surface area (Å²) in [7, 11) is 0. The van der Waals surface area contributed by atoms with Crippen molar-refractivity contribution in [1.29, 1.82) is 0 Å². The number of carbonyl (C=O) groups excluding carboxylic acids is 4. The molecule has 4 aliphatic heterocycles. The van der Waals surface area contributed by atoms with Crippen molar-refractivity contribution in [3.05, 3.63) is 72.3 Å². The number of urea groups is 2. The highest BCUT2D eigenvalue weighted by Crippen LogP contribution is 2.37. The number of imidazole rings is 2. The van der Waals surface area contributed by atoms with E-state index in [1.165, 1.54) is 0 Å². The van der Waals surface area contributed by atoms with Crippen LogP contribution in [0.15, 0.2) is 60.7 Å². The molecule has 0 aliphatic carbocycles. The zero-order valence-electron chi connectivity index (χ0n) is 37.0. The van der Waals surface area contributed by atoms with Crippen molar-refractivity contribution in [3.8, 4) is 22.3 Å². The van der Waals surface area contributed by atoms with Gasteiger partial charge in [-0.05, 0) is 96.9 Å². The standard InChI is InChI=1S/C46H56N10O4.4H2S/c1-27(2)39(55-23-7-19-47-45(55)59)43(57)53-21-5-9-37(53)41-49-33-17-15-31(25-35(33)51-41)29-11-13-30(14-12-29)32-16-18-34-36(26-32)52-42(50-34)38-10-6-22-54(38)44(58)40(28(3)4)56-24-8-20-48-46(56)60;;;;/h11-18,25-28,37-40H,5-10,19-24H2,1-4H3,(H,47,59)(H,48,60)(H,49,51)(H,50,52);4*1H2/t37-,38-,39-,40-;;;;/m0..../s1. The third kappa shape index (κ3) is 9.70. The highest BCUT2D eigenvalue weighted by Gasteiger charge is 2.43. The molecule has 6 heterocycles. The monoisotopic (exact) mass is 948 g/mol. The van der Waals surface area contributed by atoms with Gasteiger partial charge in [-0.3, -0.25) is 9.59 Å². The summed E-state index contributed by atoms with van der Waals surface area (Å²) in [4.78, 5) is 78.0. The number of amides is 6. The van der Waals surface area contributed by atoms with Crippen LogP contribution >= 0.6 is 54.0 Å². The molecule has 4 fully saturated rings. The van der Waals surface area contributed by atoms with Crippen LogP contribution in [0.5, 0.6) is 0 Å². The van der Waals surface area contributed by atoms with Crippen LogP contribution in [0.4, 0.5) is 9.59 Å². The minimum atomic E-state index is -0.510. The number of aromatic amines is 2. The minimum absolute atomic E-state index is 0. The van der Waals surface area contributed by atoms with Crippen molar-refractivity contribution in [2.24, 2.45) is 11.8 Å². The molecule has 2 aromatic heterocycles. The molecule has 3 aromatic carbocycles. The number of H-pyrrole nitrogens is 2. The number of carbonyl (C=O) groups is 4. The van der Waals surface area contributed by atoms with Crippen molar-refractivity contribution in [2.75, 3.05) is 39.3 Å². The lowest BCUT2D eigenvalue weighted by molar-refractivity contribution is -0.139. The first kappa shape index (κ1) is 50.5. The Kier molecular flexibility index (Phi) is 16.7. The second kappa shape index (κ2) is 21.2. The van der Waals surface area contributed by atoms with Gasteiger partial charge < -0.3 is 40.2 Å². The topological polar surface area (TPSA) is 163 Å². The summed E-state index contributed by atoms with van der Waals surface area (Å²) in [5.74, 6) is 1.52. The second-order valence-corrected chi connectivity index (χ2v) is 17.6. The van der Waals surface area contributed by atoms with E-state index >= 15 is 0 Å². The lowest BCUT2D eigenvalue weighted by atomic mass is 9.99. The molecule has 0 spiro atoms. The van der Waals surface area contributed by atoms with Crippen molar-refractivity contribution in [2.45, 2.75) is 90.4 Å². The number of hydrogen-bond donors (Lipinski definition) is 4. The molecule has 4 N–H and O–H groups in total. The Hall–Kier alpha value is -4.52. The van der Waals surface area contributed by atoms with Gasteiger partial charge in [0.15, 0.2) is 0 Å². The van der Waals surface area contributed by atoms with Crippen LogP contribution in [0.25, 0.3) is 44.3 Å². The summed E-state index contributed by atoms with van der Waals surface area (Å²) in [6, 6.07) is 19.3. The molecule has 6 amide bonds. The zero-order chi connectivity index (χ0) is 41.7. The summed E-state index contributed by atoms with van der Waals surface area (Å²) in [6.45, 7) is 11.8. The van der Waals surface area contributed by atoms with Gasteiger partial charge in [-0.25, -0.2) is 19.6 Å². The molecular formula is C46H64N10O4S4. The predicted molar refractivity (Wildman–Crippen MR) is 272 cm³/mol. The van der Waals surface area contributed by atoms with Crippen LogP contribution < -0.4 is 10.6 Å². The molecule has 64 heavy (non-hydrogen) atoms. The van der Waals surface area contributed by atoms with E-state index in [1.54, 1.807) is 9.80 Å². The minimum Gasteiger partial charge on any atom is -0.340 e. The maximum Gasteiger partial charge on any atom is 0.318 e. The summed E-state index contributed by atoms with van der Waals surface area (Å²) < 4.78 is 0. The van der Waals surface area contributed by atoms with Gasteiger partial charge in [-0.15, -0.1) is 0 Å². The summed E-state index contributed by atoms with van der Waals surface area (Å²) in [5, 5.41) is 5.82. The van der Waals surface area contributed by atoms with E-state index in [0.29, 0.717) is 39.3 Å². The average Bonchev–Trinajstić information content (AvgIpc) is 4.07. The fourth-order valence-electron chi connectivity index (χ4n) is 9.94. The molecular weight excluding hydrogens is 885 g/mol. The molecule has 0 unspecified atom stereocenters. The van der Waals surface area contributed by atoms with Crippen LogP contribution in [0, 0.1) is 11.8 Å². The molecule has 0 bridgehead atoms. The van der Waals surface area contributed by atoms with Gasteiger partial charge in [0.25, 0.3) is 0 Å². The van der Waals surface area contributed by atoms with E-state index in [4.69, 9.17) is 9.97 Å². The van der Waals surface area contributed by atoms with E-state index in [2.05, 4.69) is 69.1 Å². The van der Waals surface area contributed by atoms with Crippen LogP contribution in [0.1, 0.15) is 90.0 Å². The quantitative estimate of drug-likeness (QED) is 0.114. The third-order valence-corrected chi connectivity index (χ3v) is 12.9. The van der Waals surface area contributed by atoms with Crippen LogP contribution in [0.3, 0.4) is 0 Å². The number of benzene rings is 3. The lowest BCUT2D eigenvalue weighted by Crippen LogP contribution is -2.58. The van der Waals surface area contributed by atoms with Gasteiger partial charge in [-0.2, -0.15) is 54.0 Å². The SMILES string of the molecule is CC(C)[C@@H](C(=O)N1CCC[C@H]1c1nc2ccc(-c3ccc(-c4ccc5nc([C@@H]6CCCN6C(=O)[C@H](C(C)C)N6CCCNC6=O)[nH]c5c4)cc3)cc2[nH]1)N1CCCNC1=O.S.S.S.S. The third-order valence-electron chi connectivity index (χ3n) is 12.9. The largest absolute Gasteiger partial charge is 0.340 e. The maximum absolute atomic E-state index is 14.1. The summed E-state index contributed by atoms with van der Waals surface area (Å²) in [5.41, 5.74) is 7.81. The highest BCUT2D eigenvalue weighted by atomic mass is 32.1. The number of hydrogen-bond acceptors (Lipinski definition) is 6. The Morgan fingerprint density at radius 1 is 0.547 bits per heavy atom. The van der Waals surface area contributed by atoms with Gasteiger partial charge in [0.05, 0.1) is 34.2 Å². The van der Waals surface area contributed by atoms with Crippen molar-refractivity contribution in [3.63, 3.8) is 0 Å². The highest BCUT2D eigenvalue weighted by molar-refractivity contribution is 7.59. The van der Waals surface area contributed by atoms with Crippen LogP contribution in [-0.2, 0) is 9.59 Å². The predicted octanol–water partition coefficient (Wildman–Crippen LogP) is 7.43. The van der Waals surface area contributed by atoms with E-state index in [9.17, 15) is 19.2 Å². The van der Waals surface area contributed by atoms with Crippen LogP contribution in [-0.4, -0.2) is 115 Å². The normalized spacial score (nSPS) is 19.7. The van der Waals surface area contributed by atoms with Gasteiger partial charge in [0.1, 0.15) is 23.7 Å². The molecule has 0 saturated carbocycles. The molecule has 9 rings (SSSR count). The fourth-order valence-corrected chi connectivity index (χ4v) is 9.94. The molecule has 346 valence electrons. The van der Waals surface area contributed by atoms with Gasteiger partial charge in [0, 0.05) is 39.3 Å². The molecule has 18 heteroatoms. The van der Waals surface area contributed by atoms with Gasteiger partial charge >= 0.3 is 12.1 Å². The number of nitrogens with one attached hydrogen (secondary N) is 4.